The number of carbonyl (C=O) groups is 2. The first-order valence-electron chi connectivity index (χ1n) is 2.37. The summed E-state index contributed by atoms with van der Waals surface area (Å²) >= 11 is 0. The molecule has 0 aliphatic heterocycles. The van der Waals surface area contributed by atoms with E-state index in [1.165, 1.54) is 19.8 Å². The van der Waals surface area contributed by atoms with Crippen LogP contribution in [-0.4, -0.2) is 17.9 Å². The minimum absolute atomic E-state index is 0.562. The van der Waals surface area contributed by atoms with E-state index >= 15 is 0 Å². The van der Waals surface area contributed by atoms with E-state index in [4.69, 9.17) is 4.79 Å². The Labute approximate surface area is 58.5 Å². The van der Waals surface area contributed by atoms with Gasteiger partial charge in [-0.2, -0.15) is 0 Å². The van der Waals surface area contributed by atoms with Crippen LogP contribution >= 0.6 is 0 Å². The van der Waals surface area contributed by atoms with Gasteiger partial charge in [-0.15, -0.1) is 0 Å². The second kappa shape index (κ2) is 7.59. The van der Waals surface area contributed by atoms with E-state index in [-0.39, 0.29) is 0 Å². The lowest BCUT2D eigenvalue weighted by molar-refractivity contribution is -0.156. The molecule has 0 saturated heterocycles. The van der Waals surface area contributed by atoms with E-state index in [1.807, 2.05) is 0 Å². The number of hydrogen-bond acceptors (Lipinski definition) is 4. The van der Waals surface area contributed by atoms with E-state index in [0.717, 1.165) is 0 Å². The maximum atomic E-state index is 9.81. The van der Waals surface area contributed by atoms with Crippen molar-refractivity contribution >= 4 is 17.9 Å². The van der Waals surface area contributed by atoms with Crippen molar-refractivity contribution in [3.63, 3.8) is 0 Å². The summed E-state index contributed by atoms with van der Waals surface area (Å²) in [7, 11) is 0. The molecule has 0 rings (SSSR count). The molecule has 0 saturated carbocycles. The van der Waals surface area contributed by atoms with E-state index in [0.29, 0.717) is 0 Å². The standard InChI is InChI=1S/C4H6O3.C2H2O/c1-3(5)7-4(2)6;1-2-3/h1-2H3;1H2. The van der Waals surface area contributed by atoms with Crippen LogP contribution in [0.2, 0.25) is 0 Å². The third-order valence-electron chi connectivity index (χ3n) is 0.287. The van der Waals surface area contributed by atoms with Gasteiger partial charge in [0.25, 0.3) is 0 Å². The Balaban J connectivity index is 0. The number of hydrogen-bond donors (Lipinski definition) is 0. The van der Waals surface area contributed by atoms with Gasteiger partial charge in [0.2, 0.25) is 0 Å². The fraction of sp³-hybridized carbons (Fsp3) is 0.333. The zero-order valence-electron chi connectivity index (χ0n) is 5.84. The van der Waals surface area contributed by atoms with Crippen molar-refractivity contribution in [2.24, 2.45) is 0 Å². The molecule has 4 nitrogen and oxygen atoms in total. The normalized spacial score (nSPS) is 6.20. The van der Waals surface area contributed by atoms with Crippen LogP contribution in [0.15, 0.2) is 6.58 Å². The van der Waals surface area contributed by atoms with Gasteiger partial charge in [-0.25, -0.2) is 4.79 Å². The van der Waals surface area contributed by atoms with E-state index in [2.05, 4.69) is 11.3 Å². The van der Waals surface area contributed by atoms with Gasteiger partial charge in [0, 0.05) is 13.8 Å². The van der Waals surface area contributed by atoms with Crippen molar-refractivity contribution in [1.82, 2.24) is 0 Å². The first-order valence-corrected chi connectivity index (χ1v) is 2.37. The number of esters is 2. The molecule has 0 aliphatic carbocycles. The summed E-state index contributed by atoms with van der Waals surface area (Å²) in [6.07, 6.45) is 0. The second-order valence-corrected chi connectivity index (χ2v) is 1.23. The maximum Gasteiger partial charge on any atom is 0.310 e. The largest absolute Gasteiger partial charge is 0.394 e. The molecule has 0 radical (unpaired) electrons. The molecule has 0 unspecified atom stereocenters. The lowest BCUT2D eigenvalue weighted by Crippen LogP contribution is -2.03. The highest BCUT2D eigenvalue weighted by atomic mass is 16.6. The van der Waals surface area contributed by atoms with Crippen LogP contribution in [0.3, 0.4) is 0 Å². The van der Waals surface area contributed by atoms with Crippen LogP contribution in [0.25, 0.3) is 0 Å². The average Bonchev–Trinajstić information content (AvgIpc) is 1.62. The highest BCUT2D eigenvalue weighted by molar-refractivity contribution is 5.82. The molecule has 0 heterocycles. The summed E-state index contributed by atoms with van der Waals surface area (Å²) in [5.74, 6) is 0.125. The molecule has 4 heteroatoms. The van der Waals surface area contributed by atoms with Crippen LogP contribution in [-0.2, 0) is 19.1 Å². The lowest BCUT2D eigenvalue weighted by Gasteiger charge is -1.87. The van der Waals surface area contributed by atoms with Crippen LogP contribution in [0, 0.1) is 0 Å². The summed E-state index contributed by atoms with van der Waals surface area (Å²) in [5, 5.41) is 0. The van der Waals surface area contributed by atoms with Crippen LogP contribution in [0.4, 0.5) is 0 Å². The van der Waals surface area contributed by atoms with Crippen molar-refractivity contribution in [2.45, 2.75) is 13.8 Å². The van der Waals surface area contributed by atoms with Crippen LogP contribution in [0.5, 0.6) is 0 Å². The Morgan fingerprint density at radius 2 is 1.50 bits per heavy atom. The Kier molecular flexibility index (Phi) is 8.65. The van der Waals surface area contributed by atoms with Crippen LogP contribution in [0.1, 0.15) is 13.8 Å². The van der Waals surface area contributed by atoms with Gasteiger partial charge in [-0.1, -0.05) is 0 Å². The van der Waals surface area contributed by atoms with Gasteiger partial charge in [-0.05, 0) is 6.58 Å². The fourth-order valence-electron chi connectivity index (χ4n) is 0.202. The SMILES string of the molecule is C=C=O.CC(=O)OC(C)=O. The van der Waals surface area contributed by atoms with E-state index in [1.54, 1.807) is 0 Å². The predicted molar refractivity (Wildman–Crippen MR) is 33.8 cm³/mol. The van der Waals surface area contributed by atoms with E-state index in [9.17, 15) is 9.59 Å². The summed E-state index contributed by atoms with van der Waals surface area (Å²) in [4.78, 5) is 28.2. The molecular weight excluding hydrogens is 136 g/mol. The van der Waals surface area contributed by atoms with Crippen molar-refractivity contribution in [3.8, 4) is 0 Å². The van der Waals surface area contributed by atoms with Crippen molar-refractivity contribution in [3.05, 3.63) is 6.58 Å². The minimum Gasteiger partial charge on any atom is -0.394 e. The summed E-state index contributed by atoms with van der Waals surface area (Å²) < 4.78 is 3.97. The Morgan fingerprint density at radius 3 is 1.50 bits per heavy atom. The molecule has 0 spiro atoms. The molecule has 0 aliphatic rings. The topological polar surface area (TPSA) is 60.4 Å². The molecular formula is C6H8O4. The van der Waals surface area contributed by atoms with E-state index < -0.39 is 11.9 Å². The fourth-order valence-corrected chi connectivity index (χ4v) is 0.202. The summed E-state index contributed by atoms with van der Waals surface area (Å²) in [6.45, 7) is 5.04. The number of carbonyl (C=O) groups excluding carboxylic acids is 3. The monoisotopic (exact) mass is 144 g/mol. The molecule has 0 atom stereocenters. The Hall–Kier alpha value is -1.41. The highest BCUT2D eigenvalue weighted by Gasteiger charge is 1.93. The van der Waals surface area contributed by atoms with Crippen molar-refractivity contribution in [2.75, 3.05) is 0 Å². The van der Waals surface area contributed by atoms with Crippen molar-refractivity contribution < 1.29 is 19.1 Å². The zero-order valence-corrected chi connectivity index (χ0v) is 5.84. The van der Waals surface area contributed by atoms with Gasteiger partial charge < -0.3 is 4.74 Å². The van der Waals surface area contributed by atoms with Gasteiger partial charge >= 0.3 is 11.9 Å². The smallest absolute Gasteiger partial charge is 0.310 e. The number of ether oxygens (including phenoxy) is 1. The minimum atomic E-state index is -0.562. The number of rotatable bonds is 0. The maximum absolute atomic E-state index is 9.81. The highest BCUT2D eigenvalue weighted by Crippen LogP contribution is 1.73. The van der Waals surface area contributed by atoms with Crippen LogP contribution < -0.4 is 0 Å². The summed E-state index contributed by atoms with van der Waals surface area (Å²) in [6, 6.07) is 0. The van der Waals surface area contributed by atoms with Gasteiger partial charge in [0.05, 0.1) is 0 Å². The third-order valence-corrected chi connectivity index (χ3v) is 0.287. The molecule has 0 N–H and O–H groups in total. The van der Waals surface area contributed by atoms with Crippen molar-refractivity contribution in [1.29, 1.82) is 0 Å². The Bertz CT molecular complexity index is 141. The molecule has 0 aromatic carbocycles. The van der Waals surface area contributed by atoms with Gasteiger partial charge in [0.15, 0.2) is 0 Å². The second-order valence-electron chi connectivity index (χ2n) is 1.23. The molecule has 0 aromatic rings. The molecule has 0 amide bonds. The summed E-state index contributed by atoms with van der Waals surface area (Å²) in [5.41, 5.74) is 0. The first-order chi connectivity index (χ1) is 4.54. The molecule has 56 valence electrons. The lowest BCUT2D eigenvalue weighted by atomic mass is 10.7. The average molecular weight is 144 g/mol. The first kappa shape index (κ1) is 11.4. The molecule has 10 heavy (non-hydrogen) atoms. The quantitative estimate of drug-likeness (QED) is 0.275. The predicted octanol–water partition coefficient (Wildman–Crippen LogP) is 0.100. The Morgan fingerprint density at radius 1 is 1.30 bits per heavy atom. The molecule has 0 bridgehead atoms. The molecule has 0 fully saturated rings. The van der Waals surface area contributed by atoms with Gasteiger partial charge in [0.1, 0.15) is 5.94 Å². The van der Waals surface area contributed by atoms with Gasteiger partial charge in [-0.3, -0.25) is 9.59 Å². The third kappa shape index (κ3) is 30.7. The molecule has 0 aromatic heterocycles. The zero-order chi connectivity index (χ0) is 8.57.